The average Bonchev–Trinajstić information content (AvgIpc) is 2.59. The van der Waals surface area contributed by atoms with Gasteiger partial charge in [-0.15, -0.1) is 0 Å². The molecule has 0 bridgehead atoms. The number of aliphatic hydroxyl groups excluding tert-OH is 1. The van der Waals surface area contributed by atoms with E-state index < -0.39 is 0 Å². The first-order valence-corrected chi connectivity index (χ1v) is 7.85. The van der Waals surface area contributed by atoms with Gasteiger partial charge in [-0.1, -0.05) is 30.7 Å². The maximum atomic E-state index is 10.5. The molecule has 23 heavy (non-hydrogen) atoms. The van der Waals surface area contributed by atoms with Crippen molar-refractivity contribution in [3.05, 3.63) is 64.2 Å². The molecule has 0 fully saturated rings. The first-order chi connectivity index (χ1) is 11.1. The standard InChI is InChI=1S/C19H21ClO3/c1-4-14-11-18(22-2)19(23-3)12-16(14)17(21)10-7-13-5-8-15(20)9-6-13/h5-6,8-12,21H,4,7H2,1-3H3. The lowest BCUT2D eigenvalue weighted by Gasteiger charge is -2.14. The Morgan fingerprint density at radius 3 is 2.26 bits per heavy atom. The van der Waals surface area contributed by atoms with E-state index >= 15 is 0 Å². The molecule has 0 aliphatic carbocycles. The van der Waals surface area contributed by atoms with Gasteiger partial charge in [-0.2, -0.15) is 0 Å². The van der Waals surface area contributed by atoms with Crippen molar-refractivity contribution in [1.82, 2.24) is 0 Å². The van der Waals surface area contributed by atoms with Crippen LogP contribution in [0.1, 0.15) is 23.6 Å². The van der Waals surface area contributed by atoms with E-state index in [1.54, 1.807) is 20.3 Å². The fourth-order valence-corrected chi connectivity index (χ4v) is 2.52. The number of methoxy groups -OCH3 is 2. The number of hydrogen-bond donors (Lipinski definition) is 1. The highest BCUT2D eigenvalue weighted by Crippen LogP contribution is 2.33. The van der Waals surface area contributed by atoms with Crippen LogP contribution in [0.5, 0.6) is 11.5 Å². The lowest BCUT2D eigenvalue weighted by atomic mass is 10.0. The third-order valence-corrected chi connectivity index (χ3v) is 3.96. The van der Waals surface area contributed by atoms with Crippen LogP contribution in [-0.2, 0) is 12.8 Å². The largest absolute Gasteiger partial charge is 0.508 e. The number of hydrogen-bond acceptors (Lipinski definition) is 3. The first-order valence-electron chi connectivity index (χ1n) is 7.47. The summed E-state index contributed by atoms with van der Waals surface area (Å²) in [4.78, 5) is 0. The molecule has 2 aromatic carbocycles. The molecular weight excluding hydrogens is 312 g/mol. The molecule has 122 valence electrons. The van der Waals surface area contributed by atoms with Crippen molar-refractivity contribution in [2.75, 3.05) is 14.2 Å². The molecule has 0 unspecified atom stereocenters. The molecule has 2 aromatic rings. The number of allylic oxidation sites excluding steroid dienone is 1. The molecule has 0 atom stereocenters. The summed E-state index contributed by atoms with van der Waals surface area (Å²) < 4.78 is 10.6. The SMILES string of the molecule is CCc1cc(OC)c(OC)cc1C(O)=CCc1ccc(Cl)cc1. The van der Waals surface area contributed by atoms with E-state index in [1.165, 1.54) is 0 Å². The van der Waals surface area contributed by atoms with E-state index in [2.05, 4.69) is 0 Å². The van der Waals surface area contributed by atoms with Gasteiger partial charge in [0, 0.05) is 10.6 Å². The maximum Gasteiger partial charge on any atom is 0.161 e. The second-order valence-electron chi connectivity index (χ2n) is 5.14. The summed E-state index contributed by atoms with van der Waals surface area (Å²) in [6.45, 7) is 2.04. The molecular formula is C19H21ClO3. The predicted molar refractivity (Wildman–Crippen MR) is 94.7 cm³/mol. The van der Waals surface area contributed by atoms with Crippen LogP contribution in [0.25, 0.3) is 5.76 Å². The molecule has 0 aromatic heterocycles. The summed E-state index contributed by atoms with van der Waals surface area (Å²) in [5, 5.41) is 11.2. The summed E-state index contributed by atoms with van der Waals surface area (Å²) >= 11 is 5.88. The highest BCUT2D eigenvalue weighted by atomic mass is 35.5. The van der Waals surface area contributed by atoms with Gasteiger partial charge in [-0.3, -0.25) is 0 Å². The molecule has 0 radical (unpaired) electrons. The molecule has 2 rings (SSSR count). The predicted octanol–water partition coefficient (Wildman–Crippen LogP) is 5.06. The Hall–Kier alpha value is -2.13. The van der Waals surface area contributed by atoms with Crippen LogP contribution in [0.4, 0.5) is 0 Å². The van der Waals surface area contributed by atoms with Gasteiger partial charge in [0.25, 0.3) is 0 Å². The minimum absolute atomic E-state index is 0.234. The summed E-state index contributed by atoms with van der Waals surface area (Å²) in [6, 6.07) is 11.3. The highest BCUT2D eigenvalue weighted by molar-refractivity contribution is 6.30. The van der Waals surface area contributed by atoms with Gasteiger partial charge in [-0.05, 0) is 54.3 Å². The van der Waals surface area contributed by atoms with Crippen LogP contribution >= 0.6 is 11.6 Å². The number of benzene rings is 2. The summed E-state index contributed by atoms with van der Waals surface area (Å²) in [7, 11) is 3.19. The maximum absolute atomic E-state index is 10.5. The van der Waals surface area contributed by atoms with E-state index in [0.29, 0.717) is 22.9 Å². The van der Waals surface area contributed by atoms with Crippen LogP contribution in [0.3, 0.4) is 0 Å². The second kappa shape index (κ2) is 7.93. The van der Waals surface area contributed by atoms with Gasteiger partial charge in [0.15, 0.2) is 11.5 Å². The van der Waals surface area contributed by atoms with Gasteiger partial charge in [0.05, 0.1) is 14.2 Å². The number of rotatable bonds is 6. The molecule has 0 spiro atoms. The average molecular weight is 333 g/mol. The fourth-order valence-electron chi connectivity index (χ4n) is 2.40. The minimum Gasteiger partial charge on any atom is -0.508 e. The lowest BCUT2D eigenvalue weighted by molar-refractivity contribution is 0.354. The van der Waals surface area contributed by atoms with Crippen molar-refractivity contribution in [3.8, 4) is 11.5 Å². The number of aliphatic hydroxyl groups is 1. The molecule has 4 heteroatoms. The van der Waals surface area contributed by atoms with Crippen molar-refractivity contribution in [3.63, 3.8) is 0 Å². The van der Waals surface area contributed by atoms with Crippen molar-refractivity contribution >= 4 is 17.4 Å². The molecule has 0 saturated heterocycles. The number of halogens is 1. The second-order valence-corrected chi connectivity index (χ2v) is 5.57. The van der Waals surface area contributed by atoms with Crippen molar-refractivity contribution in [1.29, 1.82) is 0 Å². The highest BCUT2D eigenvalue weighted by Gasteiger charge is 2.12. The zero-order valence-corrected chi connectivity index (χ0v) is 14.4. The van der Waals surface area contributed by atoms with E-state index in [0.717, 1.165) is 23.1 Å². The monoisotopic (exact) mass is 332 g/mol. The summed E-state index contributed by atoms with van der Waals surface area (Å²) in [5.41, 5.74) is 2.85. The number of ether oxygens (including phenoxy) is 2. The van der Waals surface area contributed by atoms with Gasteiger partial charge < -0.3 is 14.6 Å². The van der Waals surface area contributed by atoms with Crippen LogP contribution in [-0.4, -0.2) is 19.3 Å². The summed E-state index contributed by atoms with van der Waals surface area (Å²) in [5.74, 6) is 1.50. The first kappa shape index (κ1) is 17.2. The quantitative estimate of drug-likeness (QED) is 0.751. The van der Waals surface area contributed by atoms with E-state index in [1.807, 2.05) is 43.3 Å². The molecule has 3 nitrogen and oxygen atoms in total. The number of aryl methyl sites for hydroxylation is 1. The van der Waals surface area contributed by atoms with Crippen LogP contribution < -0.4 is 9.47 Å². The molecule has 0 aliphatic heterocycles. The zero-order valence-electron chi connectivity index (χ0n) is 13.6. The molecule has 0 aliphatic rings. The Labute approximate surface area is 142 Å². The summed E-state index contributed by atoms with van der Waals surface area (Å²) in [6.07, 6.45) is 3.21. The molecule has 0 saturated carbocycles. The normalized spacial score (nSPS) is 11.4. The van der Waals surface area contributed by atoms with Gasteiger partial charge in [-0.25, -0.2) is 0 Å². The van der Waals surface area contributed by atoms with Crippen molar-refractivity contribution in [2.45, 2.75) is 19.8 Å². The topological polar surface area (TPSA) is 38.7 Å². The van der Waals surface area contributed by atoms with Crippen LogP contribution in [0, 0.1) is 0 Å². The molecule has 0 heterocycles. The Morgan fingerprint density at radius 2 is 1.70 bits per heavy atom. The third-order valence-electron chi connectivity index (χ3n) is 3.71. The van der Waals surface area contributed by atoms with Gasteiger partial charge in [0.1, 0.15) is 5.76 Å². The van der Waals surface area contributed by atoms with Gasteiger partial charge in [0.2, 0.25) is 0 Å². The van der Waals surface area contributed by atoms with E-state index in [-0.39, 0.29) is 5.76 Å². The Morgan fingerprint density at radius 1 is 1.09 bits per heavy atom. The van der Waals surface area contributed by atoms with Gasteiger partial charge >= 0.3 is 0 Å². The minimum atomic E-state index is 0.234. The molecule has 1 N–H and O–H groups in total. The Bertz CT molecular complexity index is 691. The van der Waals surface area contributed by atoms with Crippen molar-refractivity contribution < 1.29 is 14.6 Å². The van der Waals surface area contributed by atoms with E-state index in [9.17, 15) is 5.11 Å². The smallest absolute Gasteiger partial charge is 0.161 e. The third kappa shape index (κ3) is 4.20. The lowest BCUT2D eigenvalue weighted by Crippen LogP contribution is -1.98. The fraction of sp³-hybridized carbons (Fsp3) is 0.263. The zero-order chi connectivity index (χ0) is 16.8. The van der Waals surface area contributed by atoms with Crippen LogP contribution in [0.15, 0.2) is 42.5 Å². The Balaban J connectivity index is 2.31. The van der Waals surface area contributed by atoms with Crippen LogP contribution in [0.2, 0.25) is 5.02 Å². The van der Waals surface area contributed by atoms with Crippen molar-refractivity contribution in [2.24, 2.45) is 0 Å². The molecule has 0 amide bonds. The Kier molecular flexibility index (Phi) is 5.94. The van der Waals surface area contributed by atoms with E-state index in [4.69, 9.17) is 21.1 Å².